The van der Waals surface area contributed by atoms with Gasteiger partial charge in [-0.2, -0.15) is 0 Å². The van der Waals surface area contributed by atoms with Crippen LogP contribution in [-0.2, 0) is 4.79 Å². The molecule has 1 amide bonds. The number of amides is 1. The third-order valence-electron chi connectivity index (χ3n) is 2.74. The number of hydrogen-bond acceptors (Lipinski definition) is 3. The van der Waals surface area contributed by atoms with Crippen LogP contribution in [0.15, 0.2) is 18.2 Å². The first-order chi connectivity index (χ1) is 8.09. The molecular formula is C13H17NO3. The summed E-state index contributed by atoms with van der Waals surface area (Å²) in [6.07, 6.45) is 0. The van der Waals surface area contributed by atoms with Crippen molar-refractivity contribution in [3.05, 3.63) is 18.2 Å². The van der Waals surface area contributed by atoms with Gasteiger partial charge >= 0.3 is 0 Å². The van der Waals surface area contributed by atoms with Crippen LogP contribution >= 0.6 is 0 Å². The molecule has 0 spiro atoms. The molecule has 0 unspecified atom stereocenters. The van der Waals surface area contributed by atoms with Gasteiger partial charge in [0, 0.05) is 24.7 Å². The maximum Gasteiger partial charge on any atom is 0.229 e. The number of nitrogens with zero attached hydrogens (tertiary/aromatic N) is 1. The molecule has 0 radical (unpaired) electrons. The van der Waals surface area contributed by atoms with E-state index in [1.54, 1.807) is 11.9 Å². The predicted octanol–water partition coefficient (Wildman–Crippen LogP) is 2.08. The Labute approximate surface area is 101 Å². The van der Waals surface area contributed by atoms with Gasteiger partial charge in [-0.3, -0.25) is 4.79 Å². The highest BCUT2D eigenvalue weighted by molar-refractivity contribution is 5.94. The molecule has 0 atom stereocenters. The zero-order valence-corrected chi connectivity index (χ0v) is 10.4. The van der Waals surface area contributed by atoms with Gasteiger partial charge in [0.1, 0.15) is 13.2 Å². The van der Waals surface area contributed by atoms with E-state index in [2.05, 4.69) is 0 Å². The summed E-state index contributed by atoms with van der Waals surface area (Å²) in [4.78, 5) is 13.5. The highest BCUT2D eigenvalue weighted by Gasteiger charge is 2.18. The van der Waals surface area contributed by atoms with E-state index in [4.69, 9.17) is 9.47 Å². The van der Waals surface area contributed by atoms with Crippen molar-refractivity contribution in [2.24, 2.45) is 5.92 Å². The molecule has 17 heavy (non-hydrogen) atoms. The molecule has 0 aromatic heterocycles. The minimum absolute atomic E-state index is 0.0202. The van der Waals surface area contributed by atoms with E-state index in [1.165, 1.54) is 0 Å². The fraction of sp³-hybridized carbons (Fsp3) is 0.462. The van der Waals surface area contributed by atoms with E-state index in [-0.39, 0.29) is 11.8 Å². The molecule has 0 fully saturated rings. The SMILES string of the molecule is CC(C)C(=O)N(C)c1ccc2c(c1)OCCO2. The average Bonchev–Trinajstić information content (AvgIpc) is 2.36. The molecule has 0 saturated heterocycles. The van der Waals surface area contributed by atoms with E-state index >= 15 is 0 Å². The fourth-order valence-electron chi connectivity index (χ4n) is 1.76. The molecular weight excluding hydrogens is 218 g/mol. The molecule has 1 aliphatic heterocycles. The van der Waals surface area contributed by atoms with Crippen molar-refractivity contribution in [2.75, 3.05) is 25.2 Å². The Hall–Kier alpha value is -1.71. The molecule has 4 heteroatoms. The van der Waals surface area contributed by atoms with Crippen LogP contribution in [0.25, 0.3) is 0 Å². The largest absolute Gasteiger partial charge is 0.486 e. The summed E-state index contributed by atoms with van der Waals surface area (Å²) >= 11 is 0. The van der Waals surface area contributed by atoms with E-state index in [0.717, 1.165) is 11.4 Å². The van der Waals surface area contributed by atoms with Crippen LogP contribution in [0.4, 0.5) is 5.69 Å². The quantitative estimate of drug-likeness (QED) is 0.787. The Morgan fingerprint density at radius 1 is 1.24 bits per heavy atom. The Kier molecular flexibility index (Phi) is 3.22. The van der Waals surface area contributed by atoms with Crippen LogP contribution in [0.3, 0.4) is 0 Å². The van der Waals surface area contributed by atoms with Crippen LogP contribution in [0, 0.1) is 5.92 Å². The minimum Gasteiger partial charge on any atom is -0.486 e. The first-order valence-corrected chi connectivity index (χ1v) is 5.77. The van der Waals surface area contributed by atoms with Crippen molar-refractivity contribution in [3.8, 4) is 11.5 Å². The lowest BCUT2D eigenvalue weighted by Gasteiger charge is -2.23. The molecule has 0 bridgehead atoms. The highest BCUT2D eigenvalue weighted by Crippen LogP contribution is 2.33. The van der Waals surface area contributed by atoms with Crippen molar-refractivity contribution in [1.82, 2.24) is 0 Å². The van der Waals surface area contributed by atoms with Gasteiger partial charge in [0.15, 0.2) is 11.5 Å². The lowest BCUT2D eigenvalue weighted by molar-refractivity contribution is -0.121. The summed E-state index contributed by atoms with van der Waals surface area (Å²) < 4.78 is 10.9. The first-order valence-electron chi connectivity index (χ1n) is 5.77. The standard InChI is InChI=1S/C13H17NO3/c1-9(2)13(15)14(3)10-4-5-11-12(8-10)17-7-6-16-11/h4-5,8-9H,6-7H2,1-3H3. The van der Waals surface area contributed by atoms with Crippen molar-refractivity contribution in [2.45, 2.75) is 13.8 Å². The summed E-state index contributed by atoms with van der Waals surface area (Å²) in [6, 6.07) is 5.55. The van der Waals surface area contributed by atoms with E-state index in [0.29, 0.717) is 19.0 Å². The monoisotopic (exact) mass is 235 g/mol. The van der Waals surface area contributed by atoms with Crippen LogP contribution in [0.1, 0.15) is 13.8 Å². The zero-order valence-electron chi connectivity index (χ0n) is 10.4. The fourth-order valence-corrected chi connectivity index (χ4v) is 1.76. The lowest BCUT2D eigenvalue weighted by Crippen LogP contribution is -2.30. The molecule has 1 aromatic carbocycles. The van der Waals surface area contributed by atoms with E-state index in [9.17, 15) is 4.79 Å². The van der Waals surface area contributed by atoms with Crippen LogP contribution < -0.4 is 14.4 Å². The topological polar surface area (TPSA) is 38.8 Å². The highest BCUT2D eigenvalue weighted by atomic mass is 16.6. The van der Waals surface area contributed by atoms with Gasteiger partial charge in [0.25, 0.3) is 0 Å². The number of anilines is 1. The third kappa shape index (κ3) is 2.35. The molecule has 2 rings (SSSR count). The summed E-state index contributed by atoms with van der Waals surface area (Å²) in [6.45, 7) is 4.90. The molecule has 1 aliphatic rings. The molecule has 4 nitrogen and oxygen atoms in total. The zero-order chi connectivity index (χ0) is 12.4. The second-order valence-electron chi connectivity index (χ2n) is 4.38. The maximum atomic E-state index is 11.9. The second kappa shape index (κ2) is 4.65. The van der Waals surface area contributed by atoms with Gasteiger partial charge < -0.3 is 14.4 Å². The molecule has 0 aliphatic carbocycles. The number of rotatable bonds is 2. The molecule has 0 N–H and O–H groups in total. The molecule has 92 valence electrons. The van der Waals surface area contributed by atoms with Crippen LogP contribution in [0.5, 0.6) is 11.5 Å². The Morgan fingerprint density at radius 3 is 2.53 bits per heavy atom. The van der Waals surface area contributed by atoms with Crippen molar-refractivity contribution in [3.63, 3.8) is 0 Å². The van der Waals surface area contributed by atoms with Gasteiger partial charge in [-0.05, 0) is 12.1 Å². The van der Waals surface area contributed by atoms with Gasteiger partial charge in [0.2, 0.25) is 5.91 Å². The number of benzene rings is 1. The summed E-state index contributed by atoms with van der Waals surface area (Å²) in [5.41, 5.74) is 0.827. The Morgan fingerprint density at radius 2 is 1.88 bits per heavy atom. The van der Waals surface area contributed by atoms with Crippen molar-refractivity contribution >= 4 is 11.6 Å². The number of carbonyl (C=O) groups is 1. The number of ether oxygens (including phenoxy) is 2. The van der Waals surface area contributed by atoms with Gasteiger partial charge in [-0.1, -0.05) is 13.8 Å². The summed E-state index contributed by atoms with van der Waals surface area (Å²) in [5.74, 6) is 1.51. The second-order valence-corrected chi connectivity index (χ2v) is 4.38. The number of carbonyl (C=O) groups excluding carboxylic acids is 1. The van der Waals surface area contributed by atoms with Crippen LogP contribution in [-0.4, -0.2) is 26.2 Å². The van der Waals surface area contributed by atoms with Gasteiger partial charge in [-0.25, -0.2) is 0 Å². The summed E-state index contributed by atoms with van der Waals surface area (Å²) in [7, 11) is 1.77. The predicted molar refractivity (Wildman–Crippen MR) is 65.7 cm³/mol. The Balaban J connectivity index is 2.24. The van der Waals surface area contributed by atoms with E-state index in [1.807, 2.05) is 32.0 Å². The minimum atomic E-state index is -0.0202. The first kappa shape index (κ1) is 11.8. The average molecular weight is 235 g/mol. The molecule has 0 saturated carbocycles. The normalized spacial score (nSPS) is 13.6. The number of fused-ring (bicyclic) bond motifs is 1. The van der Waals surface area contributed by atoms with Gasteiger partial charge in [0.05, 0.1) is 0 Å². The van der Waals surface area contributed by atoms with Crippen LogP contribution in [0.2, 0.25) is 0 Å². The lowest BCUT2D eigenvalue weighted by atomic mass is 10.1. The van der Waals surface area contributed by atoms with Gasteiger partial charge in [-0.15, -0.1) is 0 Å². The summed E-state index contributed by atoms with van der Waals surface area (Å²) in [5, 5.41) is 0. The third-order valence-corrected chi connectivity index (χ3v) is 2.74. The Bertz CT molecular complexity index is 429. The smallest absolute Gasteiger partial charge is 0.229 e. The number of hydrogen-bond donors (Lipinski definition) is 0. The molecule has 1 aromatic rings. The maximum absolute atomic E-state index is 11.9. The van der Waals surface area contributed by atoms with Crippen molar-refractivity contribution < 1.29 is 14.3 Å². The molecule has 1 heterocycles. The van der Waals surface area contributed by atoms with Crippen molar-refractivity contribution in [1.29, 1.82) is 0 Å². The van der Waals surface area contributed by atoms with E-state index < -0.39 is 0 Å².